The van der Waals surface area contributed by atoms with Crippen molar-refractivity contribution in [1.82, 2.24) is 4.90 Å². The van der Waals surface area contributed by atoms with Crippen LogP contribution in [-0.4, -0.2) is 41.7 Å². The predicted molar refractivity (Wildman–Crippen MR) is 125 cm³/mol. The lowest BCUT2D eigenvalue weighted by molar-refractivity contribution is -0.193. The standard InChI is InChI=1S/C25H23Cl2F4NO4/c1-13-21(3-2-6-32(13)12-14-7-16(26)9-17(27)8-14)35-22-11-20(28)19(10-18(22)15-4-5-15)23(33)36-24(34)25(29,30)31/h7-11,13,15,21H,2-6,12H2,1H3/t13-,21-/m1/s1. The average Bonchev–Trinajstić information content (AvgIpc) is 3.60. The molecular formula is C25H23Cl2F4NO4. The summed E-state index contributed by atoms with van der Waals surface area (Å²) in [6.07, 6.45) is -2.60. The number of ether oxygens (including phenoxy) is 2. The highest BCUT2D eigenvalue weighted by Crippen LogP contribution is 2.46. The van der Waals surface area contributed by atoms with E-state index in [0.717, 1.165) is 43.5 Å². The lowest BCUT2D eigenvalue weighted by Crippen LogP contribution is -2.48. The maximum absolute atomic E-state index is 14.8. The first-order valence-corrected chi connectivity index (χ1v) is 12.2. The molecule has 0 amide bonds. The van der Waals surface area contributed by atoms with E-state index in [1.807, 2.05) is 19.1 Å². The molecule has 1 aliphatic heterocycles. The summed E-state index contributed by atoms with van der Waals surface area (Å²) in [6.45, 7) is 3.40. The number of likely N-dealkylation sites (tertiary alicyclic amines) is 1. The second-order valence-electron chi connectivity index (χ2n) is 9.11. The Labute approximate surface area is 215 Å². The van der Waals surface area contributed by atoms with E-state index >= 15 is 0 Å². The molecule has 1 aliphatic carbocycles. The number of esters is 2. The second-order valence-corrected chi connectivity index (χ2v) is 9.98. The summed E-state index contributed by atoms with van der Waals surface area (Å²) in [7, 11) is 0. The van der Waals surface area contributed by atoms with Crippen molar-refractivity contribution in [1.29, 1.82) is 0 Å². The summed E-state index contributed by atoms with van der Waals surface area (Å²) in [4.78, 5) is 25.3. The summed E-state index contributed by atoms with van der Waals surface area (Å²) in [6, 6.07) is 7.41. The Morgan fingerprint density at radius 3 is 2.33 bits per heavy atom. The first-order valence-electron chi connectivity index (χ1n) is 11.4. The van der Waals surface area contributed by atoms with E-state index in [9.17, 15) is 27.2 Å². The van der Waals surface area contributed by atoms with Gasteiger partial charge in [0.25, 0.3) is 0 Å². The van der Waals surface area contributed by atoms with Crippen molar-refractivity contribution in [3.63, 3.8) is 0 Å². The molecule has 1 heterocycles. The number of rotatable bonds is 6. The number of nitrogens with zero attached hydrogens (tertiary/aromatic N) is 1. The molecule has 0 aromatic heterocycles. The Kier molecular flexibility index (Phi) is 7.83. The fraction of sp³-hybridized carbons (Fsp3) is 0.440. The van der Waals surface area contributed by atoms with Crippen molar-refractivity contribution in [3.8, 4) is 5.75 Å². The number of halogens is 6. The third kappa shape index (κ3) is 6.30. The number of piperidine rings is 1. The van der Waals surface area contributed by atoms with Crippen LogP contribution in [-0.2, 0) is 16.1 Å². The van der Waals surface area contributed by atoms with Crippen LogP contribution in [0, 0.1) is 5.82 Å². The van der Waals surface area contributed by atoms with Crippen molar-refractivity contribution in [3.05, 3.63) is 62.9 Å². The first kappa shape index (κ1) is 26.7. The van der Waals surface area contributed by atoms with Crippen LogP contribution in [0.25, 0.3) is 0 Å². The van der Waals surface area contributed by atoms with E-state index in [1.54, 1.807) is 6.07 Å². The molecule has 2 aromatic rings. The molecule has 2 fully saturated rings. The minimum atomic E-state index is -5.37. The Bertz CT molecular complexity index is 1150. The number of benzene rings is 2. The highest BCUT2D eigenvalue weighted by molar-refractivity contribution is 6.34. The molecule has 11 heteroatoms. The molecule has 36 heavy (non-hydrogen) atoms. The Morgan fingerprint density at radius 2 is 1.72 bits per heavy atom. The lowest BCUT2D eigenvalue weighted by Gasteiger charge is -2.39. The van der Waals surface area contributed by atoms with Gasteiger partial charge in [-0.3, -0.25) is 4.90 Å². The second kappa shape index (κ2) is 10.6. The molecule has 2 aromatic carbocycles. The van der Waals surface area contributed by atoms with Crippen LogP contribution in [0.1, 0.15) is 60.0 Å². The highest BCUT2D eigenvalue weighted by Gasteiger charge is 2.43. The maximum atomic E-state index is 14.8. The van der Waals surface area contributed by atoms with Crippen molar-refractivity contribution in [2.75, 3.05) is 6.54 Å². The first-order chi connectivity index (χ1) is 16.9. The molecule has 2 aliphatic rings. The SMILES string of the molecule is C[C@@H]1[C@H](Oc2cc(F)c(C(=O)OC(=O)C(F)(F)F)cc2C2CC2)CCCN1Cc1cc(Cl)cc(Cl)c1. The molecule has 0 unspecified atom stereocenters. The van der Waals surface area contributed by atoms with E-state index in [4.69, 9.17) is 27.9 Å². The third-order valence-corrected chi connectivity index (χ3v) is 6.82. The van der Waals surface area contributed by atoms with Gasteiger partial charge < -0.3 is 9.47 Å². The van der Waals surface area contributed by atoms with Gasteiger partial charge in [-0.1, -0.05) is 23.2 Å². The summed E-state index contributed by atoms with van der Waals surface area (Å²) >= 11 is 12.2. The van der Waals surface area contributed by atoms with Crippen LogP contribution in [0.4, 0.5) is 17.6 Å². The number of carbonyl (C=O) groups is 2. The van der Waals surface area contributed by atoms with Crippen LogP contribution in [0.2, 0.25) is 10.0 Å². The van der Waals surface area contributed by atoms with Crippen LogP contribution >= 0.6 is 23.2 Å². The Hall–Kier alpha value is -2.36. The van der Waals surface area contributed by atoms with Gasteiger partial charge in [-0.05, 0) is 80.5 Å². The molecule has 1 saturated carbocycles. The molecule has 1 saturated heterocycles. The summed E-state index contributed by atoms with van der Waals surface area (Å²) in [5.74, 6) is -5.30. The highest BCUT2D eigenvalue weighted by atomic mass is 35.5. The van der Waals surface area contributed by atoms with Crippen molar-refractivity contribution < 1.29 is 36.6 Å². The van der Waals surface area contributed by atoms with Gasteiger partial charge in [-0.15, -0.1) is 0 Å². The largest absolute Gasteiger partial charge is 0.491 e. The molecule has 2 atom stereocenters. The van der Waals surface area contributed by atoms with E-state index in [0.29, 0.717) is 28.6 Å². The van der Waals surface area contributed by atoms with E-state index in [1.165, 1.54) is 0 Å². The van der Waals surface area contributed by atoms with Gasteiger partial charge >= 0.3 is 18.1 Å². The fourth-order valence-electron chi connectivity index (χ4n) is 4.40. The molecule has 0 radical (unpaired) electrons. The zero-order valence-corrected chi connectivity index (χ0v) is 20.7. The zero-order valence-electron chi connectivity index (χ0n) is 19.2. The van der Waals surface area contributed by atoms with Crippen LogP contribution < -0.4 is 4.74 Å². The minimum Gasteiger partial charge on any atom is -0.488 e. The monoisotopic (exact) mass is 547 g/mol. The molecule has 194 valence electrons. The van der Waals surface area contributed by atoms with Crippen LogP contribution in [0.15, 0.2) is 30.3 Å². The number of alkyl halides is 3. The predicted octanol–water partition coefficient (Wildman–Crippen LogP) is 6.69. The topological polar surface area (TPSA) is 55.8 Å². The van der Waals surface area contributed by atoms with Gasteiger partial charge in [0.15, 0.2) is 0 Å². The summed E-state index contributed by atoms with van der Waals surface area (Å²) < 4.78 is 62.2. The van der Waals surface area contributed by atoms with Gasteiger partial charge in [-0.25, -0.2) is 14.0 Å². The molecule has 4 rings (SSSR count). The quantitative estimate of drug-likeness (QED) is 0.229. The van der Waals surface area contributed by atoms with Crippen LogP contribution in [0.3, 0.4) is 0 Å². The van der Waals surface area contributed by atoms with E-state index < -0.39 is 29.5 Å². The van der Waals surface area contributed by atoms with Crippen molar-refractivity contribution in [2.24, 2.45) is 0 Å². The molecular weight excluding hydrogens is 525 g/mol. The summed E-state index contributed by atoms with van der Waals surface area (Å²) in [5, 5.41) is 1.07. The molecule has 0 bridgehead atoms. The molecule has 0 spiro atoms. The summed E-state index contributed by atoms with van der Waals surface area (Å²) in [5.41, 5.74) is 0.716. The molecule has 5 nitrogen and oxygen atoms in total. The van der Waals surface area contributed by atoms with E-state index in [-0.39, 0.29) is 23.8 Å². The van der Waals surface area contributed by atoms with Gasteiger partial charge in [0, 0.05) is 28.7 Å². The zero-order chi connectivity index (χ0) is 26.2. The number of carbonyl (C=O) groups excluding carboxylic acids is 2. The Balaban J connectivity index is 1.52. The van der Waals surface area contributed by atoms with Gasteiger partial charge in [0.05, 0.1) is 5.56 Å². The normalized spacial score (nSPS) is 20.8. The maximum Gasteiger partial charge on any atom is 0.491 e. The van der Waals surface area contributed by atoms with Gasteiger partial charge in [-0.2, -0.15) is 13.2 Å². The Morgan fingerprint density at radius 1 is 1.06 bits per heavy atom. The van der Waals surface area contributed by atoms with Crippen molar-refractivity contribution in [2.45, 2.75) is 63.4 Å². The number of hydrogen-bond donors (Lipinski definition) is 0. The third-order valence-electron chi connectivity index (χ3n) is 6.39. The van der Waals surface area contributed by atoms with Gasteiger partial charge in [0.1, 0.15) is 17.7 Å². The smallest absolute Gasteiger partial charge is 0.488 e. The molecule has 0 N–H and O–H groups in total. The minimum absolute atomic E-state index is 0.0194. The fourth-order valence-corrected chi connectivity index (χ4v) is 4.97. The average molecular weight is 548 g/mol. The van der Waals surface area contributed by atoms with Gasteiger partial charge in [0.2, 0.25) is 0 Å². The lowest BCUT2D eigenvalue weighted by atomic mass is 9.98. The van der Waals surface area contributed by atoms with E-state index in [2.05, 4.69) is 9.64 Å². The van der Waals surface area contributed by atoms with Crippen molar-refractivity contribution >= 4 is 35.1 Å². The van der Waals surface area contributed by atoms with Crippen LogP contribution in [0.5, 0.6) is 5.75 Å². The number of hydrogen-bond acceptors (Lipinski definition) is 5.